The molecule has 130 valence electrons. The maximum Gasteiger partial charge on any atom is 0.255 e. The Balaban J connectivity index is 2.52. The van der Waals surface area contributed by atoms with Gasteiger partial charge in [-0.1, -0.05) is 53.7 Å². The van der Waals surface area contributed by atoms with Crippen molar-refractivity contribution in [3.8, 4) is 5.75 Å². The van der Waals surface area contributed by atoms with E-state index < -0.39 is 0 Å². The van der Waals surface area contributed by atoms with Crippen LogP contribution in [-0.4, -0.2) is 19.1 Å². The standard InChI is InChI=1S/C20H33NO2/c1-15(2)14-23-18-10-8-7-9-17(18)19(22)21-12-11-16(3)13-20(4,5)6/h7-10,15-16H,11-14H2,1-6H3,(H,21,22). The molecule has 0 aromatic heterocycles. The molecule has 3 heteroatoms. The Kier molecular flexibility index (Phi) is 7.60. The minimum atomic E-state index is -0.0488. The van der Waals surface area contributed by atoms with Crippen molar-refractivity contribution in [3.05, 3.63) is 29.8 Å². The van der Waals surface area contributed by atoms with Crippen molar-refractivity contribution in [1.82, 2.24) is 5.32 Å². The number of para-hydroxylation sites is 1. The minimum Gasteiger partial charge on any atom is -0.492 e. The van der Waals surface area contributed by atoms with E-state index in [9.17, 15) is 4.79 Å². The van der Waals surface area contributed by atoms with E-state index in [2.05, 4.69) is 46.9 Å². The highest BCUT2D eigenvalue weighted by Gasteiger charge is 2.16. The van der Waals surface area contributed by atoms with Crippen LogP contribution in [0.3, 0.4) is 0 Å². The third-order valence-electron chi connectivity index (χ3n) is 3.59. The smallest absolute Gasteiger partial charge is 0.255 e. The van der Waals surface area contributed by atoms with Crippen molar-refractivity contribution in [2.75, 3.05) is 13.2 Å². The lowest BCUT2D eigenvalue weighted by atomic mass is 9.84. The molecule has 1 aromatic rings. The molecule has 1 atom stereocenters. The first-order chi connectivity index (χ1) is 10.7. The van der Waals surface area contributed by atoms with Crippen molar-refractivity contribution in [1.29, 1.82) is 0 Å². The molecule has 0 radical (unpaired) electrons. The average molecular weight is 319 g/mol. The highest BCUT2D eigenvalue weighted by atomic mass is 16.5. The van der Waals surface area contributed by atoms with Gasteiger partial charge in [0.1, 0.15) is 5.75 Å². The summed E-state index contributed by atoms with van der Waals surface area (Å²) >= 11 is 0. The van der Waals surface area contributed by atoms with Crippen LogP contribution in [0.15, 0.2) is 24.3 Å². The van der Waals surface area contributed by atoms with E-state index in [4.69, 9.17) is 4.74 Å². The van der Waals surface area contributed by atoms with E-state index in [0.717, 1.165) is 12.8 Å². The summed E-state index contributed by atoms with van der Waals surface area (Å²) in [7, 11) is 0. The molecule has 1 amide bonds. The normalized spacial score (nSPS) is 13.0. The van der Waals surface area contributed by atoms with Crippen molar-refractivity contribution in [2.45, 2.75) is 54.4 Å². The van der Waals surface area contributed by atoms with Crippen LogP contribution in [0.4, 0.5) is 0 Å². The first-order valence-electron chi connectivity index (χ1n) is 8.69. The molecule has 0 saturated heterocycles. The van der Waals surface area contributed by atoms with Gasteiger partial charge in [0.25, 0.3) is 5.91 Å². The van der Waals surface area contributed by atoms with Crippen LogP contribution in [0.5, 0.6) is 5.75 Å². The molecule has 0 aliphatic rings. The predicted octanol–water partition coefficient (Wildman–Crippen LogP) is 4.91. The van der Waals surface area contributed by atoms with Crippen LogP contribution in [-0.2, 0) is 0 Å². The van der Waals surface area contributed by atoms with Crippen LogP contribution in [0.25, 0.3) is 0 Å². The van der Waals surface area contributed by atoms with Crippen molar-refractivity contribution >= 4 is 5.91 Å². The fourth-order valence-corrected chi connectivity index (χ4v) is 2.71. The van der Waals surface area contributed by atoms with Gasteiger partial charge < -0.3 is 10.1 Å². The number of carbonyl (C=O) groups excluding carboxylic acids is 1. The third-order valence-corrected chi connectivity index (χ3v) is 3.59. The lowest BCUT2D eigenvalue weighted by molar-refractivity contribution is 0.0946. The topological polar surface area (TPSA) is 38.3 Å². The van der Waals surface area contributed by atoms with Crippen LogP contribution < -0.4 is 10.1 Å². The van der Waals surface area contributed by atoms with Gasteiger partial charge in [0.05, 0.1) is 12.2 Å². The highest BCUT2D eigenvalue weighted by molar-refractivity contribution is 5.96. The summed E-state index contributed by atoms with van der Waals surface area (Å²) in [6.07, 6.45) is 2.16. The van der Waals surface area contributed by atoms with E-state index in [1.54, 1.807) is 0 Å². The van der Waals surface area contributed by atoms with Crippen molar-refractivity contribution in [2.24, 2.45) is 17.3 Å². The molecule has 23 heavy (non-hydrogen) atoms. The Bertz CT molecular complexity index is 489. The molecule has 0 spiro atoms. The molecule has 1 rings (SSSR count). The number of carbonyl (C=O) groups is 1. The summed E-state index contributed by atoms with van der Waals surface area (Å²) < 4.78 is 5.75. The van der Waals surface area contributed by atoms with Gasteiger partial charge in [0.15, 0.2) is 0 Å². The number of ether oxygens (including phenoxy) is 1. The Morgan fingerprint density at radius 2 is 1.83 bits per heavy atom. The van der Waals surface area contributed by atoms with Crippen LogP contribution in [0.1, 0.15) is 64.7 Å². The Morgan fingerprint density at radius 3 is 2.43 bits per heavy atom. The van der Waals surface area contributed by atoms with Gasteiger partial charge in [-0.15, -0.1) is 0 Å². The average Bonchev–Trinajstić information content (AvgIpc) is 2.43. The van der Waals surface area contributed by atoms with Gasteiger partial charge in [-0.25, -0.2) is 0 Å². The zero-order chi connectivity index (χ0) is 17.5. The number of hydrogen-bond acceptors (Lipinski definition) is 2. The van der Waals surface area contributed by atoms with E-state index in [-0.39, 0.29) is 5.91 Å². The van der Waals surface area contributed by atoms with Gasteiger partial charge in [-0.3, -0.25) is 4.79 Å². The SMILES string of the molecule is CC(C)COc1ccccc1C(=O)NCCC(C)CC(C)(C)C. The van der Waals surface area contributed by atoms with E-state index in [1.807, 2.05) is 24.3 Å². The monoisotopic (exact) mass is 319 g/mol. The minimum absolute atomic E-state index is 0.0488. The number of amides is 1. The lowest BCUT2D eigenvalue weighted by Gasteiger charge is -2.23. The van der Waals surface area contributed by atoms with Gasteiger partial charge in [-0.2, -0.15) is 0 Å². The number of nitrogens with one attached hydrogen (secondary N) is 1. The molecule has 0 fully saturated rings. The molecule has 1 aromatic carbocycles. The maximum absolute atomic E-state index is 12.4. The van der Waals surface area contributed by atoms with Gasteiger partial charge in [0, 0.05) is 6.54 Å². The first-order valence-corrected chi connectivity index (χ1v) is 8.69. The molecule has 0 aliphatic heterocycles. The quantitative estimate of drug-likeness (QED) is 0.739. The summed E-state index contributed by atoms with van der Waals surface area (Å²) in [6.45, 7) is 14.5. The number of rotatable bonds is 8. The molecule has 0 heterocycles. The second-order valence-corrected chi connectivity index (χ2v) is 8.12. The Hall–Kier alpha value is -1.51. The van der Waals surface area contributed by atoms with Crippen molar-refractivity contribution in [3.63, 3.8) is 0 Å². The summed E-state index contributed by atoms with van der Waals surface area (Å²) in [5, 5.41) is 3.02. The van der Waals surface area contributed by atoms with Crippen molar-refractivity contribution < 1.29 is 9.53 Å². The molecule has 0 saturated carbocycles. The molecule has 1 N–H and O–H groups in total. The van der Waals surface area contributed by atoms with E-state index in [1.165, 1.54) is 0 Å². The summed E-state index contributed by atoms with van der Waals surface area (Å²) in [5.74, 6) is 1.65. The van der Waals surface area contributed by atoms with Crippen LogP contribution in [0.2, 0.25) is 0 Å². The molecular formula is C20H33NO2. The summed E-state index contributed by atoms with van der Waals surface area (Å²) in [5.41, 5.74) is 0.956. The Labute approximate surface area is 141 Å². The first kappa shape index (κ1) is 19.5. The van der Waals surface area contributed by atoms with Crippen LogP contribution >= 0.6 is 0 Å². The lowest BCUT2D eigenvalue weighted by Crippen LogP contribution is -2.27. The number of benzene rings is 1. The van der Waals surface area contributed by atoms with Crippen LogP contribution in [0, 0.1) is 17.3 Å². The molecular weight excluding hydrogens is 286 g/mol. The van der Waals surface area contributed by atoms with Gasteiger partial charge in [-0.05, 0) is 42.2 Å². The largest absolute Gasteiger partial charge is 0.492 e. The fourth-order valence-electron chi connectivity index (χ4n) is 2.71. The van der Waals surface area contributed by atoms with Gasteiger partial charge >= 0.3 is 0 Å². The molecule has 0 aliphatic carbocycles. The molecule has 0 bridgehead atoms. The van der Waals surface area contributed by atoms with Gasteiger partial charge in [0.2, 0.25) is 0 Å². The molecule has 3 nitrogen and oxygen atoms in total. The predicted molar refractivity (Wildman–Crippen MR) is 97.0 cm³/mol. The Morgan fingerprint density at radius 1 is 1.17 bits per heavy atom. The second-order valence-electron chi connectivity index (χ2n) is 8.12. The van der Waals surface area contributed by atoms with E-state index in [0.29, 0.717) is 41.7 Å². The maximum atomic E-state index is 12.4. The highest BCUT2D eigenvalue weighted by Crippen LogP contribution is 2.25. The fraction of sp³-hybridized carbons (Fsp3) is 0.650. The molecule has 1 unspecified atom stereocenters. The third kappa shape index (κ3) is 8.06. The summed E-state index contributed by atoms with van der Waals surface area (Å²) in [4.78, 5) is 12.4. The van der Waals surface area contributed by atoms with E-state index >= 15 is 0 Å². The zero-order valence-corrected chi connectivity index (χ0v) is 15.6. The summed E-state index contributed by atoms with van der Waals surface area (Å²) in [6, 6.07) is 7.46. The second kappa shape index (κ2) is 8.95. The zero-order valence-electron chi connectivity index (χ0n) is 15.6. The number of hydrogen-bond donors (Lipinski definition) is 1.